The Hall–Kier alpha value is -2.96. The first-order chi connectivity index (χ1) is 15.0. The normalized spacial score (nSPS) is 10.9. The average Bonchev–Trinajstić information content (AvgIpc) is 3.10. The molecule has 158 valence electrons. The summed E-state index contributed by atoms with van der Waals surface area (Å²) in [6.45, 7) is 2.89. The van der Waals surface area contributed by atoms with Gasteiger partial charge in [0.2, 0.25) is 5.28 Å². The molecule has 0 atom stereocenters. The predicted molar refractivity (Wildman–Crippen MR) is 126 cm³/mol. The predicted octanol–water partition coefficient (Wildman–Crippen LogP) is 5.69. The van der Waals surface area contributed by atoms with Crippen molar-refractivity contribution in [3.63, 3.8) is 0 Å². The van der Waals surface area contributed by atoms with Crippen LogP contribution < -0.4 is 4.90 Å². The second-order valence-corrected chi connectivity index (χ2v) is 8.60. The Bertz CT molecular complexity index is 1200. The van der Waals surface area contributed by atoms with Crippen LogP contribution in [0.2, 0.25) is 5.28 Å². The molecule has 0 bridgehead atoms. The molecule has 0 saturated heterocycles. The summed E-state index contributed by atoms with van der Waals surface area (Å²) in [5, 5.41) is 0.996. The molecular formula is C24H22ClN3O2S. The molecule has 0 aliphatic carbocycles. The first kappa shape index (κ1) is 21.3. The quantitative estimate of drug-likeness (QED) is 0.267. The highest BCUT2D eigenvalue weighted by Crippen LogP contribution is 2.36. The number of halogens is 1. The van der Waals surface area contributed by atoms with Gasteiger partial charge in [-0.05, 0) is 35.2 Å². The van der Waals surface area contributed by atoms with E-state index < -0.39 is 0 Å². The van der Waals surface area contributed by atoms with Crippen LogP contribution in [0, 0.1) is 6.92 Å². The highest BCUT2D eigenvalue weighted by atomic mass is 35.5. The lowest BCUT2D eigenvalue weighted by Crippen LogP contribution is -2.18. The summed E-state index contributed by atoms with van der Waals surface area (Å²) >= 11 is 7.50. The van der Waals surface area contributed by atoms with Crippen molar-refractivity contribution in [1.29, 1.82) is 0 Å². The van der Waals surface area contributed by atoms with E-state index in [0.717, 1.165) is 22.1 Å². The van der Waals surface area contributed by atoms with Crippen LogP contribution in [-0.4, -0.2) is 29.6 Å². The number of esters is 1. The second-order valence-electron chi connectivity index (χ2n) is 7.27. The van der Waals surface area contributed by atoms with Gasteiger partial charge >= 0.3 is 5.97 Å². The molecule has 0 spiro atoms. The van der Waals surface area contributed by atoms with E-state index in [-0.39, 0.29) is 11.3 Å². The monoisotopic (exact) mass is 451 g/mol. The summed E-state index contributed by atoms with van der Waals surface area (Å²) < 4.78 is 5.55. The molecule has 4 rings (SSSR count). The molecule has 7 heteroatoms. The van der Waals surface area contributed by atoms with Crippen LogP contribution in [0.3, 0.4) is 0 Å². The molecule has 5 nitrogen and oxygen atoms in total. The lowest BCUT2D eigenvalue weighted by molar-refractivity contribution is 0.0514. The SMILES string of the molecule is Cc1c(C(=O)OCCc2ccccc2)sc2nc(Cl)nc(N(C)Cc3ccccc3)c12. The maximum absolute atomic E-state index is 12.8. The van der Waals surface area contributed by atoms with Gasteiger partial charge in [-0.25, -0.2) is 9.78 Å². The molecule has 0 N–H and O–H groups in total. The fourth-order valence-corrected chi connectivity index (χ4v) is 4.75. The number of anilines is 1. The van der Waals surface area contributed by atoms with Gasteiger partial charge in [0, 0.05) is 20.0 Å². The van der Waals surface area contributed by atoms with Gasteiger partial charge in [-0.3, -0.25) is 0 Å². The number of rotatable bonds is 7. The third-order valence-electron chi connectivity index (χ3n) is 5.02. The van der Waals surface area contributed by atoms with Crippen molar-refractivity contribution in [2.45, 2.75) is 19.9 Å². The minimum atomic E-state index is -0.343. The number of carbonyl (C=O) groups excluding carboxylic acids is 1. The lowest BCUT2D eigenvalue weighted by atomic mass is 10.1. The first-order valence-electron chi connectivity index (χ1n) is 9.95. The van der Waals surface area contributed by atoms with Crippen molar-refractivity contribution in [1.82, 2.24) is 9.97 Å². The zero-order valence-electron chi connectivity index (χ0n) is 17.3. The van der Waals surface area contributed by atoms with Crippen LogP contribution in [0.5, 0.6) is 0 Å². The minimum Gasteiger partial charge on any atom is -0.461 e. The summed E-state index contributed by atoms with van der Waals surface area (Å²) in [6.07, 6.45) is 0.674. The molecule has 0 saturated carbocycles. The van der Waals surface area contributed by atoms with E-state index in [4.69, 9.17) is 16.3 Å². The van der Waals surface area contributed by atoms with Crippen molar-refractivity contribution < 1.29 is 9.53 Å². The van der Waals surface area contributed by atoms with Gasteiger partial charge in [0.15, 0.2) is 0 Å². The summed E-state index contributed by atoms with van der Waals surface area (Å²) in [4.78, 5) is 24.8. The summed E-state index contributed by atoms with van der Waals surface area (Å²) in [5.74, 6) is 0.361. The maximum atomic E-state index is 12.8. The van der Waals surface area contributed by atoms with E-state index in [2.05, 4.69) is 22.1 Å². The standard InChI is InChI=1S/C24H22ClN3O2S/c1-16-19-21(28(2)15-18-11-7-4-8-12-18)26-24(25)27-22(19)31-20(16)23(29)30-14-13-17-9-5-3-6-10-17/h3-12H,13-15H2,1-2H3. The molecule has 0 fully saturated rings. The second kappa shape index (κ2) is 9.45. The molecule has 0 amide bonds. The maximum Gasteiger partial charge on any atom is 0.348 e. The van der Waals surface area contributed by atoms with Gasteiger partial charge < -0.3 is 9.64 Å². The van der Waals surface area contributed by atoms with Crippen LogP contribution in [0.1, 0.15) is 26.4 Å². The number of ether oxygens (including phenoxy) is 1. The molecule has 0 aliphatic heterocycles. The third-order valence-corrected chi connectivity index (χ3v) is 6.35. The van der Waals surface area contributed by atoms with Crippen molar-refractivity contribution >= 4 is 44.9 Å². The molecule has 31 heavy (non-hydrogen) atoms. The van der Waals surface area contributed by atoms with Crippen molar-refractivity contribution in [2.75, 3.05) is 18.6 Å². The number of benzene rings is 2. The average molecular weight is 452 g/mol. The van der Waals surface area contributed by atoms with Crippen LogP contribution in [0.15, 0.2) is 60.7 Å². The number of carbonyl (C=O) groups is 1. The van der Waals surface area contributed by atoms with E-state index in [1.807, 2.05) is 67.4 Å². The Morgan fingerprint density at radius 3 is 2.35 bits per heavy atom. The highest BCUT2D eigenvalue weighted by molar-refractivity contribution is 7.20. The van der Waals surface area contributed by atoms with Gasteiger partial charge in [-0.2, -0.15) is 4.98 Å². The number of fused-ring (bicyclic) bond motifs is 1. The fraction of sp³-hybridized carbons (Fsp3) is 0.208. The van der Waals surface area contributed by atoms with Gasteiger partial charge in [0.1, 0.15) is 15.5 Å². The largest absolute Gasteiger partial charge is 0.461 e. The number of thiophene rings is 1. The van der Waals surface area contributed by atoms with E-state index >= 15 is 0 Å². The Labute approximate surface area is 190 Å². The zero-order valence-corrected chi connectivity index (χ0v) is 18.9. The van der Waals surface area contributed by atoms with Gasteiger partial charge in [-0.1, -0.05) is 60.7 Å². The summed E-state index contributed by atoms with van der Waals surface area (Å²) in [6, 6.07) is 20.1. The van der Waals surface area contributed by atoms with E-state index in [0.29, 0.717) is 35.1 Å². The van der Waals surface area contributed by atoms with Crippen molar-refractivity contribution in [3.05, 3.63) is 87.5 Å². The Morgan fingerprint density at radius 1 is 1.03 bits per heavy atom. The van der Waals surface area contributed by atoms with E-state index in [1.165, 1.54) is 11.3 Å². The van der Waals surface area contributed by atoms with Crippen LogP contribution >= 0.6 is 22.9 Å². The number of hydrogen-bond donors (Lipinski definition) is 0. The fourth-order valence-electron chi connectivity index (χ4n) is 3.47. The lowest BCUT2D eigenvalue weighted by Gasteiger charge is -2.19. The van der Waals surface area contributed by atoms with E-state index in [1.54, 1.807) is 0 Å². The zero-order chi connectivity index (χ0) is 21.8. The molecule has 4 aromatic rings. The molecule has 0 radical (unpaired) electrons. The van der Waals surface area contributed by atoms with Crippen molar-refractivity contribution in [2.24, 2.45) is 0 Å². The van der Waals surface area contributed by atoms with Crippen LogP contribution in [-0.2, 0) is 17.7 Å². The Kier molecular flexibility index (Phi) is 6.49. The number of aryl methyl sites for hydroxylation is 1. The molecular weight excluding hydrogens is 430 g/mol. The smallest absolute Gasteiger partial charge is 0.348 e. The molecule has 2 aromatic carbocycles. The molecule has 0 unspecified atom stereocenters. The minimum absolute atomic E-state index is 0.160. The number of nitrogens with zero attached hydrogens (tertiary/aromatic N) is 3. The topological polar surface area (TPSA) is 55.3 Å². The van der Waals surface area contributed by atoms with Crippen LogP contribution in [0.4, 0.5) is 5.82 Å². The first-order valence-corrected chi connectivity index (χ1v) is 11.1. The van der Waals surface area contributed by atoms with Gasteiger partial charge in [0.05, 0.1) is 12.0 Å². The number of aromatic nitrogens is 2. The molecule has 2 aromatic heterocycles. The number of hydrogen-bond acceptors (Lipinski definition) is 6. The Morgan fingerprint density at radius 2 is 1.68 bits per heavy atom. The Balaban J connectivity index is 1.57. The summed E-state index contributed by atoms with van der Waals surface area (Å²) in [7, 11) is 1.96. The summed E-state index contributed by atoms with van der Waals surface area (Å²) in [5.41, 5.74) is 3.10. The van der Waals surface area contributed by atoms with Crippen molar-refractivity contribution in [3.8, 4) is 0 Å². The van der Waals surface area contributed by atoms with E-state index in [9.17, 15) is 4.79 Å². The van der Waals surface area contributed by atoms with Gasteiger partial charge in [-0.15, -0.1) is 11.3 Å². The van der Waals surface area contributed by atoms with Crippen LogP contribution in [0.25, 0.3) is 10.2 Å². The third kappa shape index (κ3) is 4.86. The van der Waals surface area contributed by atoms with Gasteiger partial charge in [0.25, 0.3) is 0 Å². The molecule has 0 aliphatic rings. The highest BCUT2D eigenvalue weighted by Gasteiger charge is 2.23. The molecule has 2 heterocycles.